The highest BCUT2D eigenvalue weighted by molar-refractivity contribution is 5.85. The van der Waals surface area contributed by atoms with Crippen LogP contribution < -0.4 is 11.1 Å². The summed E-state index contributed by atoms with van der Waals surface area (Å²) >= 11 is 0. The molecule has 1 unspecified atom stereocenters. The van der Waals surface area contributed by atoms with Crippen molar-refractivity contribution in [3.63, 3.8) is 0 Å². The van der Waals surface area contributed by atoms with Crippen molar-refractivity contribution in [2.24, 2.45) is 5.73 Å². The number of nitrogens with two attached hydrogens (primary N) is 1. The Labute approximate surface area is 153 Å². The highest BCUT2D eigenvalue weighted by atomic mass is 35.5. The van der Waals surface area contributed by atoms with E-state index < -0.39 is 17.7 Å². The van der Waals surface area contributed by atoms with Gasteiger partial charge >= 0.3 is 0 Å². The Kier molecular flexibility index (Phi) is 8.52. The van der Waals surface area contributed by atoms with Crippen LogP contribution in [-0.4, -0.2) is 18.5 Å². The largest absolute Gasteiger partial charge is 0.354 e. The Morgan fingerprint density at radius 3 is 2.32 bits per heavy atom. The zero-order valence-electron chi connectivity index (χ0n) is 14.1. The molecule has 0 heterocycles. The lowest BCUT2D eigenvalue weighted by molar-refractivity contribution is -0.122. The van der Waals surface area contributed by atoms with E-state index in [4.69, 9.17) is 5.73 Å². The third-order valence-corrected chi connectivity index (χ3v) is 3.86. The Hall–Kier alpha value is -1.98. The van der Waals surface area contributed by atoms with E-state index in [2.05, 4.69) is 5.32 Å². The fourth-order valence-corrected chi connectivity index (χ4v) is 2.44. The van der Waals surface area contributed by atoms with Crippen LogP contribution in [0.3, 0.4) is 0 Å². The Morgan fingerprint density at radius 2 is 1.72 bits per heavy atom. The second kappa shape index (κ2) is 10.1. The van der Waals surface area contributed by atoms with Crippen LogP contribution in [0.4, 0.5) is 8.78 Å². The molecule has 0 radical (unpaired) electrons. The van der Waals surface area contributed by atoms with Gasteiger partial charge in [0.1, 0.15) is 0 Å². The van der Waals surface area contributed by atoms with Crippen LogP contribution in [-0.2, 0) is 11.2 Å². The van der Waals surface area contributed by atoms with E-state index >= 15 is 0 Å². The van der Waals surface area contributed by atoms with Gasteiger partial charge in [-0.05, 0) is 41.7 Å². The van der Waals surface area contributed by atoms with Gasteiger partial charge in [0.25, 0.3) is 0 Å². The minimum absolute atomic E-state index is 0. The van der Waals surface area contributed by atoms with Crippen molar-refractivity contribution < 1.29 is 13.6 Å². The van der Waals surface area contributed by atoms with Gasteiger partial charge in [-0.15, -0.1) is 12.4 Å². The van der Waals surface area contributed by atoms with Gasteiger partial charge in [0.05, 0.1) is 6.04 Å². The molecular weight excluding hydrogens is 346 g/mol. The van der Waals surface area contributed by atoms with E-state index in [9.17, 15) is 13.6 Å². The van der Waals surface area contributed by atoms with E-state index in [-0.39, 0.29) is 18.3 Å². The molecule has 2 rings (SSSR count). The topological polar surface area (TPSA) is 55.1 Å². The SMILES string of the molecule is CCCC(N)C(=O)NCCc1ccc(-c2ccc(F)c(F)c2)cc1.Cl. The van der Waals surface area contributed by atoms with Crippen molar-refractivity contribution >= 4 is 18.3 Å². The van der Waals surface area contributed by atoms with Gasteiger partial charge in [0.2, 0.25) is 5.91 Å². The molecule has 25 heavy (non-hydrogen) atoms. The second-order valence-electron chi connectivity index (χ2n) is 5.76. The van der Waals surface area contributed by atoms with Crippen molar-refractivity contribution in [1.29, 1.82) is 0 Å². The molecule has 0 aromatic heterocycles. The molecule has 136 valence electrons. The van der Waals surface area contributed by atoms with Gasteiger partial charge in [-0.1, -0.05) is 43.7 Å². The number of hydrogen-bond donors (Lipinski definition) is 2. The highest BCUT2D eigenvalue weighted by Crippen LogP contribution is 2.22. The Balaban J connectivity index is 0.00000312. The summed E-state index contributed by atoms with van der Waals surface area (Å²) in [5.74, 6) is -1.84. The molecule has 2 aromatic rings. The number of carbonyl (C=O) groups is 1. The average Bonchev–Trinajstić information content (AvgIpc) is 2.58. The zero-order chi connectivity index (χ0) is 17.5. The molecule has 0 bridgehead atoms. The lowest BCUT2D eigenvalue weighted by Crippen LogP contribution is -2.41. The summed E-state index contributed by atoms with van der Waals surface area (Å²) in [6.07, 6.45) is 2.23. The number of rotatable bonds is 7. The lowest BCUT2D eigenvalue weighted by atomic mass is 10.0. The second-order valence-corrected chi connectivity index (χ2v) is 5.76. The van der Waals surface area contributed by atoms with E-state index in [1.807, 2.05) is 31.2 Å². The first kappa shape index (κ1) is 21.1. The normalized spacial score (nSPS) is 11.5. The number of hydrogen-bond acceptors (Lipinski definition) is 2. The minimum Gasteiger partial charge on any atom is -0.354 e. The van der Waals surface area contributed by atoms with Crippen molar-refractivity contribution in [3.8, 4) is 11.1 Å². The number of amides is 1. The van der Waals surface area contributed by atoms with Crippen molar-refractivity contribution in [3.05, 3.63) is 59.7 Å². The van der Waals surface area contributed by atoms with Crippen molar-refractivity contribution in [2.75, 3.05) is 6.54 Å². The van der Waals surface area contributed by atoms with Crippen molar-refractivity contribution in [1.82, 2.24) is 5.32 Å². The van der Waals surface area contributed by atoms with Gasteiger partial charge < -0.3 is 11.1 Å². The molecule has 2 aromatic carbocycles. The summed E-state index contributed by atoms with van der Waals surface area (Å²) < 4.78 is 26.3. The molecule has 0 aliphatic rings. The molecule has 0 fully saturated rings. The maximum Gasteiger partial charge on any atom is 0.236 e. The van der Waals surface area contributed by atoms with Gasteiger partial charge in [-0.2, -0.15) is 0 Å². The number of carbonyl (C=O) groups excluding carboxylic acids is 1. The van der Waals surface area contributed by atoms with E-state index in [0.717, 1.165) is 23.6 Å². The smallest absolute Gasteiger partial charge is 0.236 e. The summed E-state index contributed by atoms with van der Waals surface area (Å²) in [7, 11) is 0. The van der Waals surface area contributed by atoms with Gasteiger partial charge in [0.15, 0.2) is 11.6 Å². The molecule has 0 saturated heterocycles. The fraction of sp³-hybridized carbons (Fsp3) is 0.316. The Bertz CT molecular complexity index is 692. The third-order valence-electron chi connectivity index (χ3n) is 3.86. The van der Waals surface area contributed by atoms with E-state index in [1.165, 1.54) is 6.07 Å². The summed E-state index contributed by atoms with van der Waals surface area (Å²) in [6.45, 7) is 2.50. The molecule has 0 saturated carbocycles. The predicted octanol–water partition coefficient (Wildman–Crippen LogP) is 3.84. The van der Waals surface area contributed by atoms with Crippen LogP contribution in [0.25, 0.3) is 11.1 Å². The first-order chi connectivity index (χ1) is 11.5. The van der Waals surface area contributed by atoms with Crippen molar-refractivity contribution in [2.45, 2.75) is 32.2 Å². The van der Waals surface area contributed by atoms with Gasteiger partial charge in [0, 0.05) is 6.54 Å². The highest BCUT2D eigenvalue weighted by Gasteiger charge is 2.11. The lowest BCUT2D eigenvalue weighted by Gasteiger charge is -2.11. The third kappa shape index (κ3) is 6.11. The van der Waals surface area contributed by atoms with Crippen LogP contribution in [0, 0.1) is 11.6 Å². The van der Waals surface area contributed by atoms with E-state index in [0.29, 0.717) is 24.9 Å². The molecule has 1 amide bonds. The zero-order valence-corrected chi connectivity index (χ0v) is 14.9. The number of halogens is 3. The van der Waals surface area contributed by atoms with Crippen LogP contribution in [0.2, 0.25) is 0 Å². The molecule has 6 heteroatoms. The molecule has 0 aliphatic carbocycles. The first-order valence-electron chi connectivity index (χ1n) is 8.09. The summed E-state index contributed by atoms with van der Waals surface area (Å²) in [5, 5.41) is 2.82. The number of nitrogens with one attached hydrogen (secondary N) is 1. The number of benzene rings is 2. The van der Waals surface area contributed by atoms with Gasteiger partial charge in [-0.3, -0.25) is 4.79 Å². The van der Waals surface area contributed by atoms with Gasteiger partial charge in [-0.25, -0.2) is 8.78 Å². The predicted molar refractivity (Wildman–Crippen MR) is 98.6 cm³/mol. The van der Waals surface area contributed by atoms with Crippen LogP contribution in [0.1, 0.15) is 25.3 Å². The summed E-state index contributed by atoms with van der Waals surface area (Å²) in [5.41, 5.74) is 8.23. The van der Waals surface area contributed by atoms with E-state index in [1.54, 1.807) is 6.07 Å². The van der Waals surface area contributed by atoms with Crippen LogP contribution in [0.5, 0.6) is 0 Å². The standard InChI is InChI=1S/C19H22F2N2O.ClH/c1-2-3-18(22)19(24)23-11-10-13-4-6-14(7-5-13)15-8-9-16(20)17(21)12-15;/h4-9,12,18H,2-3,10-11,22H2,1H3,(H,23,24);1H. The monoisotopic (exact) mass is 368 g/mol. The summed E-state index contributed by atoms with van der Waals surface area (Å²) in [6, 6.07) is 10.9. The Morgan fingerprint density at radius 1 is 1.08 bits per heavy atom. The summed E-state index contributed by atoms with van der Waals surface area (Å²) in [4.78, 5) is 11.7. The average molecular weight is 369 g/mol. The van der Waals surface area contributed by atoms with Crippen LogP contribution in [0.15, 0.2) is 42.5 Å². The molecule has 0 spiro atoms. The molecule has 3 N–H and O–H groups in total. The maximum absolute atomic E-state index is 13.3. The molecule has 0 aliphatic heterocycles. The maximum atomic E-state index is 13.3. The molecule has 1 atom stereocenters. The molecule has 3 nitrogen and oxygen atoms in total. The minimum atomic E-state index is -0.859. The quantitative estimate of drug-likeness (QED) is 0.780. The first-order valence-corrected chi connectivity index (χ1v) is 8.09. The fourth-order valence-electron chi connectivity index (χ4n) is 2.44. The molecular formula is C19H23ClF2N2O. The van der Waals surface area contributed by atoms with Crippen LogP contribution >= 0.6 is 12.4 Å².